The molecule has 2 heterocycles. The van der Waals surface area contributed by atoms with Crippen LogP contribution in [0.15, 0.2) is 12.3 Å². The SMILES string of the molecule is COc1ccn2c1[C@@H](O)CC2. The van der Waals surface area contributed by atoms with E-state index in [4.69, 9.17) is 4.74 Å². The lowest BCUT2D eigenvalue weighted by Gasteiger charge is -2.03. The van der Waals surface area contributed by atoms with Crippen molar-refractivity contribution in [3.05, 3.63) is 18.0 Å². The number of hydrogen-bond acceptors (Lipinski definition) is 2. The fourth-order valence-electron chi connectivity index (χ4n) is 1.59. The van der Waals surface area contributed by atoms with Crippen molar-refractivity contribution in [2.45, 2.75) is 19.1 Å². The zero-order valence-corrected chi connectivity index (χ0v) is 6.45. The Balaban J connectivity index is 2.46. The number of nitrogens with zero attached hydrogens (tertiary/aromatic N) is 1. The Hall–Kier alpha value is -0.960. The van der Waals surface area contributed by atoms with Gasteiger partial charge in [0.1, 0.15) is 5.75 Å². The molecule has 1 N–H and O–H groups in total. The Morgan fingerprint density at radius 1 is 1.73 bits per heavy atom. The van der Waals surface area contributed by atoms with Crippen LogP contribution in [0.4, 0.5) is 0 Å². The Labute approximate surface area is 65.2 Å². The van der Waals surface area contributed by atoms with E-state index in [1.54, 1.807) is 7.11 Å². The van der Waals surface area contributed by atoms with Crippen molar-refractivity contribution < 1.29 is 9.84 Å². The van der Waals surface area contributed by atoms with Crippen LogP contribution in [-0.4, -0.2) is 16.8 Å². The zero-order valence-electron chi connectivity index (χ0n) is 6.45. The van der Waals surface area contributed by atoms with Gasteiger partial charge in [-0.05, 0) is 12.5 Å². The molecule has 60 valence electrons. The first-order chi connectivity index (χ1) is 5.33. The number of ether oxygens (including phenoxy) is 1. The van der Waals surface area contributed by atoms with Crippen LogP contribution in [-0.2, 0) is 6.54 Å². The molecule has 0 spiro atoms. The van der Waals surface area contributed by atoms with Gasteiger partial charge >= 0.3 is 0 Å². The Morgan fingerprint density at radius 3 is 3.27 bits per heavy atom. The van der Waals surface area contributed by atoms with Crippen LogP contribution in [0.1, 0.15) is 18.2 Å². The van der Waals surface area contributed by atoms with Crippen LogP contribution < -0.4 is 4.74 Å². The van der Waals surface area contributed by atoms with Gasteiger partial charge in [0.15, 0.2) is 0 Å². The fraction of sp³-hybridized carbons (Fsp3) is 0.500. The van der Waals surface area contributed by atoms with Gasteiger partial charge in [0.05, 0.1) is 18.9 Å². The first kappa shape index (κ1) is 6.73. The zero-order chi connectivity index (χ0) is 7.84. The molecule has 11 heavy (non-hydrogen) atoms. The highest BCUT2D eigenvalue weighted by atomic mass is 16.5. The van der Waals surface area contributed by atoms with Crippen LogP contribution in [0.3, 0.4) is 0 Å². The lowest BCUT2D eigenvalue weighted by Crippen LogP contribution is -1.94. The van der Waals surface area contributed by atoms with Gasteiger partial charge in [-0.1, -0.05) is 0 Å². The van der Waals surface area contributed by atoms with Crippen LogP contribution in [0.2, 0.25) is 0 Å². The summed E-state index contributed by atoms with van der Waals surface area (Å²) in [5.74, 6) is 0.801. The second-order valence-corrected chi connectivity index (χ2v) is 2.77. The number of aliphatic hydroxyl groups is 1. The summed E-state index contributed by atoms with van der Waals surface area (Å²) in [4.78, 5) is 0. The summed E-state index contributed by atoms with van der Waals surface area (Å²) in [7, 11) is 1.63. The van der Waals surface area contributed by atoms with E-state index in [1.807, 2.05) is 16.8 Å². The lowest BCUT2D eigenvalue weighted by molar-refractivity contribution is 0.176. The topological polar surface area (TPSA) is 34.4 Å². The maximum Gasteiger partial charge on any atom is 0.142 e. The average molecular weight is 153 g/mol. The van der Waals surface area contributed by atoms with Gasteiger partial charge in [-0.15, -0.1) is 0 Å². The quantitative estimate of drug-likeness (QED) is 0.651. The van der Waals surface area contributed by atoms with Crippen LogP contribution in [0, 0.1) is 0 Å². The summed E-state index contributed by atoms with van der Waals surface area (Å²) in [6.07, 6.45) is 2.43. The van der Waals surface area contributed by atoms with Crippen LogP contribution >= 0.6 is 0 Å². The van der Waals surface area contributed by atoms with E-state index in [-0.39, 0.29) is 6.10 Å². The molecular formula is C8H11NO2. The van der Waals surface area contributed by atoms with E-state index in [2.05, 4.69) is 0 Å². The minimum absolute atomic E-state index is 0.333. The first-order valence-electron chi connectivity index (χ1n) is 3.74. The number of aryl methyl sites for hydroxylation is 1. The van der Waals surface area contributed by atoms with E-state index in [1.165, 1.54) is 0 Å². The summed E-state index contributed by atoms with van der Waals surface area (Å²) in [6.45, 7) is 0.903. The number of aliphatic hydroxyl groups excluding tert-OH is 1. The maximum absolute atomic E-state index is 9.48. The Morgan fingerprint density at radius 2 is 2.55 bits per heavy atom. The highest BCUT2D eigenvalue weighted by Crippen LogP contribution is 2.33. The lowest BCUT2D eigenvalue weighted by atomic mass is 10.2. The Bertz CT molecular complexity index is 267. The molecule has 1 aromatic heterocycles. The smallest absolute Gasteiger partial charge is 0.142 e. The first-order valence-corrected chi connectivity index (χ1v) is 3.74. The standard InChI is InChI=1S/C8H11NO2/c1-11-7-3-5-9-4-2-6(10)8(7)9/h3,5-6,10H,2,4H2,1H3/t6-/m0/s1. The fourth-order valence-corrected chi connectivity index (χ4v) is 1.59. The van der Waals surface area contributed by atoms with Crippen molar-refractivity contribution >= 4 is 0 Å². The Kier molecular flexibility index (Phi) is 1.39. The monoisotopic (exact) mass is 153 g/mol. The number of methoxy groups -OCH3 is 1. The van der Waals surface area contributed by atoms with Crippen molar-refractivity contribution in [3.63, 3.8) is 0 Å². The van der Waals surface area contributed by atoms with Gasteiger partial charge in [0.25, 0.3) is 0 Å². The summed E-state index contributed by atoms with van der Waals surface area (Å²) < 4.78 is 7.12. The van der Waals surface area contributed by atoms with Gasteiger partial charge in [0.2, 0.25) is 0 Å². The van der Waals surface area contributed by atoms with Gasteiger partial charge in [0, 0.05) is 12.7 Å². The highest BCUT2D eigenvalue weighted by molar-refractivity contribution is 5.32. The predicted molar refractivity (Wildman–Crippen MR) is 40.6 cm³/mol. The normalized spacial score (nSPS) is 21.8. The number of aromatic nitrogens is 1. The largest absolute Gasteiger partial charge is 0.495 e. The van der Waals surface area contributed by atoms with E-state index >= 15 is 0 Å². The van der Waals surface area contributed by atoms with E-state index in [0.717, 1.165) is 24.4 Å². The van der Waals surface area contributed by atoms with Crippen LogP contribution in [0.5, 0.6) is 5.75 Å². The van der Waals surface area contributed by atoms with E-state index in [0.29, 0.717) is 0 Å². The molecule has 2 rings (SSSR count). The van der Waals surface area contributed by atoms with Gasteiger partial charge < -0.3 is 14.4 Å². The number of hydrogen-bond donors (Lipinski definition) is 1. The molecule has 1 aliphatic rings. The molecule has 1 aliphatic heterocycles. The van der Waals surface area contributed by atoms with Crippen LogP contribution in [0.25, 0.3) is 0 Å². The summed E-state index contributed by atoms with van der Waals surface area (Å²) in [5.41, 5.74) is 0.924. The van der Waals surface area contributed by atoms with Gasteiger partial charge in [-0.3, -0.25) is 0 Å². The third-order valence-corrected chi connectivity index (χ3v) is 2.15. The predicted octanol–water partition coefficient (Wildman–Crippen LogP) is 0.934. The van der Waals surface area contributed by atoms with Crippen molar-refractivity contribution in [2.24, 2.45) is 0 Å². The molecule has 1 atom stereocenters. The molecule has 0 aliphatic carbocycles. The molecule has 0 radical (unpaired) electrons. The van der Waals surface area contributed by atoms with Crippen molar-refractivity contribution in [3.8, 4) is 5.75 Å². The molecule has 3 heteroatoms. The minimum Gasteiger partial charge on any atom is -0.495 e. The van der Waals surface area contributed by atoms with Crippen molar-refractivity contribution in [1.29, 1.82) is 0 Å². The highest BCUT2D eigenvalue weighted by Gasteiger charge is 2.23. The average Bonchev–Trinajstić information content (AvgIpc) is 2.54. The molecule has 0 unspecified atom stereocenters. The molecule has 3 nitrogen and oxygen atoms in total. The molecule has 0 bridgehead atoms. The molecule has 0 fully saturated rings. The summed E-state index contributed by atoms with van der Waals surface area (Å²) in [6, 6.07) is 1.89. The third-order valence-electron chi connectivity index (χ3n) is 2.15. The van der Waals surface area contributed by atoms with Gasteiger partial charge in [-0.25, -0.2) is 0 Å². The van der Waals surface area contributed by atoms with Crippen molar-refractivity contribution in [1.82, 2.24) is 4.57 Å². The number of rotatable bonds is 1. The maximum atomic E-state index is 9.48. The molecule has 0 aromatic carbocycles. The summed E-state index contributed by atoms with van der Waals surface area (Å²) >= 11 is 0. The molecule has 0 saturated heterocycles. The molecule has 1 aromatic rings. The second-order valence-electron chi connectivity index (χ2n) is 2.77. The molecule has 0 amide bonds. The van der Waals surface area contributed by atoms with Crippen molar-refractivity contribution in [2.75, 3.05) is 7.11 Å². The number of fused-ring (bicyclic) bond motifs is 1. The summed E-state index contributed by atoms with van der Waals surface area (Å²) in [5, 5.41) is 9.48. The molecule has 0 saturated carbocycles. The second kappa shape index (κ2) is 2.27. The van der Waals surface area contributed by atoms with E-state index in [9.17, 15) is 5.11 Å². The third kappa shape index (κ3) is 0.844. The molecular weight excluding hydrogens is 142 g/mol. The van der Waals surface area contributed by atoms with E-state index < -0.39 is 0 Å². The minimum atomic E-state index is -0.333. The van der Waals surface area contributed by atoms with Gasteiger partial charge in [-0.2, -0.15) is 0 Å².